The summed E-state index contributed by atoms with van der Waals surface area (Å²) in [5.41, 5.74) is 0. The maximum absolute atomic E-state index is 11.7. The zero-order valence-corrected chi connectivity index (χ0v) is 13.0. The summed E-state index contributed by atoms with van der Waals surface area (Å²) in [7, 11) is 3.48. The van der Waals surface area contributed by atoms with Crippen LogP contribution in [-0.4, -0.2) is 62.7 Å². The molecule has 1 unspecified atom stereocenters. The Balaban J connectivity index is 1.85. The minimum Gasteiger partial charge on any atom is -0.376 e. The number of carbonyl (C=O) groups excluding carboxylic acids is 1. The van der Waals surface area contributed by atoms with Crippen LogP contribution in [0.3, 0.4) is 0 Å². The quantitative estimate of drug-likeness (QED) is 0.440. The normalized spacial score (nSPS) is 22.6. The first-order valence-electron chi connectivity index (χ1n) is 7.66. The summed E-state index contributed by atoms with van der Waals surface area (Å²) >= 11 is 0. The van der Waals surface area contributed by atoms with E-state index < -0.39 is 0 Å². The highest BCUT2D eigenvalue weighted by molar-refractivity contribution is 5.85. The summed E-state index contributed by atoms with van der Waals surface area (Å²) in [6.07, 6.45) is 8.80. The molecule has 0 spiro atoms. The van der Waals surface area contributed by atoms with Gasteiger partial charge in [0, 0.05) is 33.3 Å². The third-order valence-electron chi connectivity index (χ3n) is 3.74. The van der Waals surface area contributed by atoms with Gasteiger partial charge in [0.05, 0.1) is 6.10 Å². The highest BCUT2D eigenvalue weighted by Crippen LogP contribution is 2.11. The van der Waals surface area contributed by atoms with Gasteiger partial charge < -0.3 is 20.3 Å². The first-order valence-corrected chi connectivity index (χ1v) is 7.66. The van der Waals surface area contributed by atoms with Gasteiger partial charge in [-0.3, -0.25) is 4.79 Å². The van der Waals surface area contributed by atoms with E-state index in [2.05, 4.69) is 27.8 Å². The summed E-state index contributed by atoms with van der Waals surface area (Å²) in [6.45, 7) is 1.74. The molecule has 1 aliphatic heterocycles. The van der Waals surface area contributed by atoms with Crippen molar-refractivity contribution >= 4 is 11.9 Å². The average molecular weight is 294 g/mol. The van der Waals surface area contributed by atoms with Crippen LogP contribution < -0.4 is 10.6 Å². The maximum Gasteiger partial charge on any atom is 0.243 e. The van der Waals surface area contributed by atoms with Gasteiger partial charge in [0.15, 0.2) is 5.96 Å². The first-order chi connectivity index (χ1) is 10.1. The number of guanidine groups is 1. The topological polar surface area (TPSA) is 66.0 Å². The Morgan fingerprint density at radius 2 is 2.14 bits per heavy atom. The fourth-order valence-electron chi connectivity index (χ4n) is 2.38. The number of hydrogen-bond donors (Lipinski definition) is 2. The van der Waals surface area contributed by atoms with Crippen LogP contribution in [0.4, 0.5) is 0 Å². The van der Waals surface area contributed by atoms with E-state index in [0.29, 0.717) is 12.0 Å². The van der Waals surface area contributed by atoms with Crippen LogP contribution in [-0.2, 0) is 9.53 Å². The fraction of sp³-hybridized carbons (Fsp3) is 0.733. The average Bonchev–Trinajstić information content (AvgIpc) is 3.14. The smallest absolute Gasteiger partial charge is 0.243 e. The van der Waals surface area contributed by atoms with E-state index in [0.717, 1.165) is 38.8 Å². The molecule has 1 atom stereocenters. The predicted molar refractivity (Wildman–Crippen MR) is 83.3 cm³/mol. The molecule has 0 aromatic rings. The summed E-state index contributed by atoms with van der Waals surface area (Å²) < 4.78 is 5.60. The molecule has 2 rings (SSSR count). The lowest BCUT2D eigenvalue weighted by atomic mass is 10.2. The van der Waals surface area contributed by atoms with Crippen LogP contribution in [0.25, 0.3) is 0 Å². The Bertz CT molecular complexity index is 392. The molecule has 2 N–H and O–H groups in total. The zero-order valence-electron chi connectivity index (χ0n) is 13.0. The second kappa shape index (κ2) is 8.02. The highest BCUT2D eigenvalue weighted by Gasteiger charge is 2.17. The van der Waals surface area contributed by atoms with Gasteiger partial charge in [0.2, 0.25) is 5.91 Å². The SMILES string of the molecule is CN(C)C(=O)CN=C(NCC1CCCO1)NC1CC=CC1. The Kier molecular flexibility index (Phi) is 6.04. The molecular formula is C15H26N4O2. The van der Waals surface area contributed by atoms with Gasteiger partial charge in [-0.1, -0.05) is 12.2 Å². The number of nitrogens with one attached hydrogen (secondary N) is 2. The predicted octanol–water partition coefficient (Wildman–Crippen LogP) is 0.507. The molecule has 6 nitrogen and oxygen atoms in total. The van der Waals surface area contributed by atoms with Gasteiger partial charge in [-0.15, -0.1) is 0 Å². The van der Waals surface area contributed by atoms with Gasteiger partial charge in [-0.25, -0.2) is 4.99 Å². The highest BCUT2D eigenvalue weighted by atomic mass is 16.5. The van der Waals surface area contributed by atoms with E-state index >= 15 is 0 Å². The molecular weight excluding hydrogens is 268 g/mol. The summed E-state index contributed by atoms with van der Waals surface area (Å²) in [6, 6.07) is 0.371. The van der Waals surface area contributed by atoms with Crippen molar-refractivity contribution in [3.8, 4) is 0 Å². The molecule has 1 amide bonds. The van der Waals surface area contributed by atoms with Gasteiger partial charge in [-0.05, 0) is 25.7 Å². The molecule has 1 saturated heterocycles. The number of ether oxygens (including phenoxy) is 1. The zero-order chi connectivity index (χ0) is 15.1. The third kappa shape index (κ3) is 5.38. The van der Waals surface area contributed by atoms with Crippen molar-refractivity contribution in [2.75, 3.05) is 33.8 Å². The van der Waals surface area contributed by atoms with Gasteiger partial charge in [-0.2, -0.15) is 0 Å². The van der Waals surface area contributed by atoms with Crippen molar-refractivity contribution < 1.29 is 9.53 Å². The molecule has 0 radical (unpaired) electrons. The standard InChI is InChI=1S/C15H26N4O2/c1-19(2)14(20)11-17-15(18-12-6-3-4-7-12)16-10-13-8-5-9-21-13/h3-4,12-13H,5-11H2,1-2H3,(H2,16,17,18). The largest absolute Gasteiger partial charge is 0.376 e. The maximum atomic E-state index is 11.7. The van der Waals surface area contributed by atoms with Crippen LogP contribution in [0, 0.1) is 0 Å². The molecule has 0 aromatic heterocycles. The molecule has 1 heterocycles. The fourth-order valence-corrected chi connectivity index (χ4v) is 2.38. The van der Waals surface area contributed by atoms with Crippen LogP contribution >= 0.6 is 0 Å². The third-order valence-corrected chi connectivity index (χ3v) is 3.74. The molecule has 1 fully saturated rings. The van der Waals surface area contributed by atoms with Crippen molar-refractivity contribution in [3.63, 3.8) is 0 Å². The number of nitrogens with zero attached hydrogens (tertiary/aromatic N) is 2. The second-order valence-corrected chi connectivity index (χ2v) is 5.75. The number of carbonyl (C=O) groups is 1. The molecule has 0 bridgehead atoms. The summed E-state index contributed by atoms with van der Waals surface area (Å²) in [4.78, 5) is 17.6. The van der Waals surface area contributed by atoms with Crippen LogP contribution in [0.15, 0.2) is 17.1 Å². The van der Waals surface area contributed by atoms with Crippen LogP contribution in [0.2, 0.25) is 0 Å². The minimum atomic E-state index is -0.00207. The number of rotatable bonds is 5. The van der Waals surface area contributed by atoms with Crippen molar-refractivity contribution in [1.82, 2.24) is 15.5 Å². The first kappa shape index (κ1) is 15.8. The lowest BCUT2D eigenvalue weighted by molar-refractivity contribution is -0.127. The van der Waals surface area contributed by atoms with Gasteiger partial charge in [0.25, 0.3) is 0 Å². The van der Waals surface area contributed by atoms with E-state index in [1.165, 1.54) is 0 Å². The molecule has 1 aliphatic carbocycles. The van der Waals surface area contributed by atoms with E-state index in [1.54, 1.807) is 19.0 Å². The number of amides is 1. The molecule has 2 aliphatic rings. The number of likely N-dealkylation sites (N-methyl/N-ethyl adjacent to an activating group) is 1. The van der Waals surface area contributed by atoms with E-state index in [1.807, 2.05) is 0 Å². The van der Waals surface area contributed by atoms with E-state index in [4.69, 9.17) is 4.74 Å². The Morgan fingerprint density at radius 3 is 2.76 bits per heavy atom. The summed E-state index contributed by atoms with van der Waals surface area (Å²) in [5.74, 6) is 0.701. The van der Waals surface area contributed by atoms with Gasteiger partial charge >= 0.3 is 0 Å². The Labute approximate surface area is 126 Å². The van der Waals surface area contributed by atoms with Crippen LogP contribution in [0.5, 0.6) is 0 Å². The van der Waals surface area contributed by atoms with Crippen molar-refractivity contribution in [2.45, 2.75) is 37.8 Å². The summed E-state index contributed by atoms with van der Waals surface area (Å²) in [5, 5.41) is 6.68. The van der Waals surface area contributed by atoms with Crippen molar-refractivity contribution in [3.05, 3.63) is 12.2 Å². The minimum absolute atomic E-state index is 0.00207. The van der Waals surface area contributed by atoms with E-state index in [9.17, 15) is 4.79 Å². The number of aliphatic imine (C=N–C) groups is 1. The molecule has 21 heavy (non-hydrogen) atoms. The van der Waals surface area contributed by atoms with Crippen molar-refractivity contribution in [1.29, 1.82) is 0 Å². The lowest BCUT2D eigenvalue weighted by Gasteiger charge is -2.19. The Morgan fingerprint density at radius 1 is 1.38 bits per heavy atom. The second-order valence-electron chi connectivity index (χ2n) is 5.75. The van der Waals surface area contributed by atoms with E-state index in [-0.39, 0.29) is 18.6 Å². The molecule has 6 heteroatoms. The molecule has 0 saturated carbocycles. The van der Waals surface area contributed by atoms with Gasteiger partial charge in [0.1, 0.15) is 6.54 Å². The molecule has 118 valence electrons. The van der Waals surface area contributed by atoms with Crippen molar-refractivity contribution in [2.24, 2.45) is 4.99 Å². The van der Waals surface area contributed by atoms with Crippen LogP contribution in [0.1, 0.15) is 25.7 Å². The monoisotopic (exact) mass is 294 g/mol. The number of hydrogen-bond acceptors (Lipinski definition) is 3. The molecule has 0 aromatic carbocycles. The lowest BCUT2D eigenvalue weighted by Crippen LogP contribution is -2.45. The Hall–Kier alpha value is -1.56.